The SMILES string of the molecule is N.NOS(=O)O.O=[N+]([O-])O. The summed E-state index contributed by atoms with van der Waals surface area (Å²) >= 11 is -2.29. The van der Waals surface area contributed by atoms with Crippen molar-refractivity contribution in [1.29, 1.82) is 0 Å². The van der Waals surface area contributed by atoms with Gasteiger partial charge < -0.3 is 11.4 Å². The van der Waals surface area contributed by atoms with Crippen molar-refractivity contribution in [1.82, 2.24) is 6.15 Å². The van der Waals surface area contributed by atoms with Crippen LogP contribution in [0.15, 0.2) is 0 Å². The highest BCUT2D eigenvalue weighted by Gasteiger charge is 1.76. The van der Waals surface area contributed by atoms with Crippen molar-refractivity contribution < 1.29 is 23.3 Å². The van der Waals surface area contributed by atoms with E-state index in [-0.39, 0.29) is 6.15 Å². The Morgan fingerprint density at radius 2 is 1.80 bits per heavy atom. The van der Waals surface area contributed by atoms with Gasteiger partial charge in [-0.15, -0.1) is 10.1 Å². The first kappa shape index (κ1) is 16.1. The van der Waals surface area contributed by atoms with Crippen molar-refractivity contribution in [3.63, 3.8) is 0 Å². The molecule has 0 saturated carbocycles. The smallest absolute Gasteiger partial charge is 0.319 e. The molecule has 0 aromatic rings. The van der Waals surface area contributed by atoms with E-state index in [4.69, 9.17) is 24.1 Å². The lowest BCUT2D eigenvalue weighted by atomic mass is 13.1. The minimum Gasteiger partial charge on any atom is -0.344 e. The van der Waals surface area contributed by atoms with E-state index in [1.54, 1.807) is 0 Å². The molecular formula is H7N3O6S. The van der Waals surface area contributed by atoms with Crippen molar-refractivity contribution in [2.45, 2.75) is 0 Å². The van der Waals surface area contributed by atoms with Crippen molar-refractivity contribution in [3.8, 4) is 0 Å². The molecule has 0 radical (unpaired) electrons. The largest absolute Gasteiger partial charge is 0.344 e. The second kappa shape index (κ2) is 11.0. The standard InChI is InChI=1S/H3NO3S.HNO3.H3N/c1-4-5(2)3;2-1(3)4;/h1H2,(H,2,3);(H,2,3,4);1H3. The van der Waals surface area contributed by atoms with Gasteiger partial charge in [0.05, 0.1) is 0 Å². The predicted molar refractivity (Wildman–Crippen MR) is 29.8 cm³/mol. The molecule has 0 aromatic heterocycles. The topological polar surface area (TPSA) is 171 Å². The first-order valence-corrected chi connectivity index (χ1v) is 2.35. The fourth-order valence-electron chi connectivity index (χ4n) is 0. The van der Waals surface area contributed by atoms with E-state index in [1.807, 2.05) is 0 Å². The lowest BCUT2D eigenvalue weighted by Crippen LogP contribution is -2.00. The van der Waals surface area contributed by atoms with Gasteiger partial charge in [-0.1, -0.05) is 0 Å². The molecule has 1 unspecified atom stereocenters. The van der Waals surface area contributed by atoms with Crippen LogP contribution in [0.4, 0.5) is 0 Å². The van der Waals surface area contributed by atoms with Crippen LogP contribution in [0.5, 0.6) is 0 Å². The Labute approximate surface area is 57.9 Å². The third-order valence-corrected chi connectivity index (χ3v) is 0.247. The van der Waals surface area contributed by atoms with Crippen LogP contribution in [0.25, 0.3) is 0 Å². The first-order chi connectivity index (χ1) is 4.00. The van der Waals surface area contributed by atoms with Crippen LogP contribution in [0.1, 0.15) is 0 Å². The summed E-state index contributed by atoms with van der Waals surface area (Å²) in [6.07, 6.45) is 0. The third-order valence-electron chi connectivity index (χ3n) is 0.0823. The molecule has 10 heavy (non-hydrogen) atoms. The molecule has 0 fully saturated rings. The summed E-state index contributed by atoms with van der Waals surface area (Å²) < 4.78 is 19.9. The van der Waals surface area contributed by atoms with Crippen LogP contribution >= 0.6 is 0 Å². The van der Waals surface area contributed by atoms with Crippen molar-refractivity contribution in [3.05, 3.63) is 10.1 Å². The van der Waals surface area contributed by atoms with E-state index in [9.17, 15) is 0 Å². The van der Waals surface area contributed by atoms with Gasteiger partial charge in [-0.05, 0) is 0 Å². The van der Waals surface area contributed by atoms with Crippen LogP contribution in [0, 0.1) is 10.1 Å². The second-order valence-corrected chi connectivity index (χ2v) is 1.18. The van der Waals surface area contributed by atoms with Gasteiger partial charge in [0.2, 0.25) is 0 Å². The first-order valence-electron chi connectivity index (χ1n) is 1.32. The molecule has 0 spiro atoms. The van der Waals surface area contributed by atoms with Gasteiger partial charge in [0.1, 0.15) is 0 Å². The summed E-state index contributed by atoms with van der Waals surface area (Å²) in [6, 6.07) is 0. The molecule has 0 aliphatic heterocycles. The van der Waals surface area contributed by atoms with Crippen LogP contribution in [0.3, 0.4) is 0 Å². The summed E-state index contributed by atoms with van der Waals surface area (Å²) in [5, 5.41) is 13.6. The van der Waals surface area contributed by atoms with E-state index >= 15 is 0 Å². The fourth-order valence-corrected chi connectivity index (χ4v) is 0. The molecule has 64 valence electrons. The molecule has 0 rings (SSSR count). The monoisotopic (exact) mass is 177 g/mol. The van der Waals surface area contributed by atoms with E-state index in [0.717, 1.165) is 0 Å². The molecule has 0 bridgehead atoms. The molecule has 0 amide bonds. The van der Waals surface area contributed by atoms with Gasteiger partial charge in [0, 0.05) is 0 Å². The highest BCUT2D eigenvalue weighted by Crippen LogP contribution is 1.58. The molecular weight excluding hydrogens is 170 g/mol. The van der Waals surface area contributed by atoms with Crippen LogP contribution in [-0.4, -0.2) is 19.1 Å². The highest BCUT2D eigenvalue weighted by atomic mass is 32.2. The maximum absolute atomic E-state index is 9.13. The predicted octanol–water partition coefficient (Wildman–Crippen LogP) is -1.17. The van der Waals surface area contributed by atoms with E-state index in [0.29, 0.717) is 0 Å². The lowest BCUT2D eigenvalue weighted by Gasteiger charge is -1.75. The summed E-state index contributed by atoms with van der Waals surface area (Å²) in [5.74, 6) is 4.12. The summed E-state index contributed by atoms with van der Waals surface area (Å²) in [7, 11) is 0. The quantitative estimate of drug-likeness (QED) is 0.220. The van der Waals surface area contributed by atoms with Crippen LogP contribution < -0.4 is 12.0 Å². The van der Waals surface area contributed by atoms with Crippen molar-refractivity contribution in [2.75, 3.05) is 0 Å². The highest BCUT2D eigenvalue weighted by molar-refractivity contribution is 7.74. The minimum atomic E-state index is -2.29. The second-order valence-electron chi connectivity index (χ2n) is 0.551. The number of hydrogen-bond acceptors (Lipinski definition) is 6. The zero-order chi connectivity index (χ0) is 7.86. The Morgan fingerprint density at radius 3 is 1.80 bits per heavy atom. The van der Waals surface area contributed by atoms with Gasteiger partial charge >= 0.3 is 11.4 Å². The average Bonchev–Trinajstić information content (AvgIpc) is 1.65. The molecule has 1 atom stereocenters. The Hall–Kier alpha value is -0.810. The molecule has 0 aromatic carbocycles. The summed E-state index contributed by atoms with van der Waals surface area (Å²) in [4.78, 5) is 8.36. The van der Waals surface area contributed by atoms with Crippen LogP contribution in [-0.2, 0) is 15.6 Å². The minimum absolute atomic E-state index is 0. The number of rotatable bonds is 1. The molecule has 0 aliphatic rings. The number of hydrogen-bond donors (Lipinski definition) is 4. The van der Waals surface area contributed by atoms with Gasteiger partial charge in [-0.2, -0.15) is 14.4 Å². The molecule has 9 nitrogen and oxygen atoms in total. The van der Waals surface area contributed by atoms with E-state index in [1.165, 1.54) is 0 Å². The zero-order valence-electron chi connectivity index (χ0n) is 4.67. The third kappa shape index (κ3) is 195. The van der Waals surface area contributed by atoms with Crippen LogP contribution in [0.2, 0.25) is 0 Å². The maximum Gasteiger partial charge on any atom is 0.319 e. The van der Waals surface area contributed by atoms with E-state index < -0.39 is 16.4 Å². The van der Waals surface area contributed by atoms with Gasteiger partial charge in [-0.3, -0.25) is 4.55 Å². The Balaban J connectivity index is -0.0000000910. The molecule has 10 heteroatoms. The van der Waals surface area contributed by atoms with Gasteiger partial charge in [0.25, 0.3) is 5.09 Å². The summed E-state index contributed by atoms with van der Waals surface area (Å²) in [5.41, 5.74) is 0. The zero-order valence-corrected chi connectivity index (χ0v) is 5.48. The Kier molecular flexibility index (Phi) is 17.8. The normalized spacial score (nSPS) is 9.80. The van der Waals surface area contributed by atoms with Gasteiger partial charge in [0.15, 0.2) is 0 Å². The maximum atomic E-state index is 9.13. The molecule has 0 aliphatic carbocycles. The van der Waals surface area contributed by atoms with Crippen molar-refractivity contribution >= 4 is 11.4 Å². The van der Waals surface area contributed by atoms with E-state index in [2.05, 4.69) is 10.2 Å². The molecule has 0 saturated heterocycles. The molecule has 0 heterocycles. The van der Waals surface area contributed by atoms with Gasteiger partial charge in [-0.25, -0.2) is 0 Å². The number of nitrogens with zero attached hydrogens (tertiary/aromatic N) is 1. The summed E-state index contributed by atoms with van der Waals surface area (Å²) in [6.45, 7) is 0. The van der Waals surface area contributed by atoms with Crippen molar-refractivity contribution in [2.24, 2.45) is 5.90 Å². The Morgan fingerprint density at radius 1 is 1.70 bits per heavy atom. The average molecular weight is 177 g/mol. The number of nitrogens with two attached hydrogens (primary N) is 1. The molecule has 7 N–H and O–H groups in total. The fraction of sp³-hybridized carbons (Fsp3) is 0. The lowest BCUT2D eigenvalue weighted by molar-refractivity contribution is -0.742. The Bertz CT molecular complexity index is 97.2.